The summed E-state index contributed by atoms with van der Waals surface area (Å²) in [6.45, 7) is 4.13. The fourth-order valence-electron chi connectivity index (χ4n) is 2.40. The van der Waals surface area contributed by atoms with E-state index in [0.717, 1.165) is 5.56 Å². The number of nitrogens with one attached hydrogen (secondary N) is 1. The molecule has 2 aromatic carbocycles. The zero-order valence-electron chi connectivity index (χ0n) is 15.9. The van der Waals surface area contributed by atoms with Crippen molar-refractivity contribution in [1.29, 1.82) is 5.26 Å². The molecule has 0 spiro atoms. The maximum absolute atomic E-state index is 12.6. The van der Waals surface area contributed by atoms with Gasteiger partial charge in [0.1, 0.15) is 18.2 Å². The molecule has 7 heteroatoms. The van der Waals surface area contributed by atoms with Crippen LogP contribution in [0.4, 0.5) is 5.69 Å². The van der Waals surface area contributed by atoms with Crippen LogP contribution in [0.3, 0.4) is 0 Å². The van der Waals surface area contributed by atoms with Crippen LogP contribution in [0.2, 0.25) is 5.02 Å². The highest BCUT2D eigenvalue weighted by molar-refractivity contribution is 9.10. The molecule has 0 fully saturated rings. The third-order valence-corrected chi connectivity index (χ3v) is 4.95. The van der Waals surface area contributed by atoms with E-state index in [9.17, 15) is 10.1 Å². The van der Waals surface area contributed by atoms with Gasteiger partial charge in [0.25, 0.3) is 5.91 Å². The Bertz CT molecular complexity index is 1040. The van der Waals surface area contributed by atoms with Crippen LogP contribution >= 0.6 is 27.5 Å². The fourth-order valence-corrected chi connectivity index (χ4v) is 3.01. The minimum Gasteiger partial charge on any atom is -0.490 e. The molecule has 0 saturated heterocycles. The van der Waals surface area contributed by atoms with Crippen LogP contribution in [0.1, 0.15) is 18.1 Å². The van der Waals surface area contributed by atoms with E-state index in [-0.39, 0.29) is 12.2 Å². The second-order valence-electron chi connectivity index (χ2n) is 5.78. The number of benzene rings is 2. The third-order valence-electron chi connectivity index (χ3n) is 3.85. The lowest BCUT2D eigenvalue weighted by Gasteiger charge is -2.13. The molecule has 0 aliphatic carbocycles. The molecule has 0 bridgehead atoms. The second kappa shape index (κ2) is 10.6. The Hall–Kier alpha value is -2.93. The third kappa shape index (κ3) is 5.77. The van der Waals surface area contributed by atoms with Gasteiger partial charge in [-0.05, 0) is 55.3 Å². The summed E-state index contributed by atoms with van der Waals surface area (Å²) in [5, 5.41) is 12.7. The van der Waals surface area contributed by atoms with E-state index in [0.29, 0.717) is 38.9 Å². The Morgan fingerprint density at radius 2 is 2.07 bits per heavy atom. The number of hydrogen-bond donors (Lipinski definition) is 1. The van der Waals surface area contributed by atoms with E-state index >= 15 is 0 Å². The van der Waals surface area contributed by atoms with Gasteiger partial charge < -0.3 is 14.8 Å². The quantitative estimate of drug-likeness (QED) is 0.333. The maximum atomic E-state index is 12.6. The van der Waals surface area contributed by atoms with Crippen molar-refractivity contribution in [2.75, 3.05) is 18.5 Å². The molecule has 5 nitrogen and oxygen atoms in total. The number of hydrogen-bond acceptors (Lipinski definition) is 4. The van der Waals surface area contributed by atoms with Crippen LogP contribution in [-0.4, -0.2) is 19.1 Å². The molecule has 1 amide bonds. The van der Waals surface area contributed by atoms with Crippen molar-refractivity contribution in [3.63, 3.8) is 0 Å². The van der Waals surface area contributed by atoms with Crippen molar-refractivity contribution in [3.05, 3.63) is 56.5 Å². The molecule has 2 rings (SSSR count). The number of amides is 1. The number of carbonyl (C=O) groups is 1. The number of carbonyl (C=O) groups excluding carboxylic acids is 1. The number of ether oxygens (including phenoxy) is 2. The van der Waals surface area contributed by atoms with E-state index in [4.69, 9.17) is 27.5 Å². The SMILES string of the molecule is C#CCOc1cc(Br)c(C=C(C#N)C(=O)Nc2cccc(Cl)c2C)cc1OCC. The number of rotatable bonds is 7. The first-order valence-corrected chi connectivity index (χ1v) is 9.79. The van der Waals surface area contributed by atoms with Crippen LogP contribution in [0.5, 0.6) is 11.5 Å². The highest BCUT2D eigenvalue weighted by Gasteiger charge is 2.15. The first-order valence-electron chi connectivity index (χ1n) is 8.62. The number of halogens is 2. The number of anilines is 1. The Labute approximate surface area is 183 Å². The van der Waals surface area contributed by atoms with Gasteiger partial charge >= 0.3 is 0 Å². The molecular formula is C22H18BrClN2O3. The van der Waals surface area contributed by atoms with Crippen molar-refractivity contribution in [3.8, 4) is 29.9 Å². The number of terminal acetylenes is 1. The molecule has 0 unspecified atom stereocenters. The molecule has 0 aliphatic heterocycles. The monoisotopic (exact) mass is 472 g/mol. The molecule has 0 saturated carbocycles. The predicted molar refractivity (Wildman–Crippen MR) is 118 cm³/mol. The first kappa shape index (κ1) is 22.4. The topological polar surface area (TPSA) is 71.3 Å². The van der Waals surface area contributed by atoms with E-state index in [1.807, 2.05) is 13.0 Å². The van der Waals surface area contributed by atoms with Crippen LogP contribution in [0.15, 0.2) is 40.4 Å². The molecule has 29 heavy (non-hydrogen) atoms. The average molecular weight is 474 g/mol. The molecule has 0 atom stereocenters. The van der Waals surface area contributed by atoms with Gasteiger partial charge in [-0.2, -0.15) is 5.26 Å². The van der Waals surface area contributed by atoms with Crippen molar-refractivity contribution in [2.45, 2.75) is 13.8 Å². The Balaban J connectivity index is 2.37. The van der Waals surface area contributed by atoms with Gasteiger partial charge in [0.15, 0.2) is 11.5 Å². The molecule has 148 valence electrons. The molecular weight excluding hydrogens is 456 g/mol. The van der Waals surface area contributed by atoms with Gasteiger partial charge in [0, 0.05) is 15.2 Å². The summed E-state index contributed by atoms with van der Waals surface area (Å²) in [4.78, 5) is 12.6. The number of nitrogens with zero attached hydrogens (tertiary/aromatic N) is 1. The van der Waals surface area contributed by atoms with Crippen molar-refractivity contribution in [2.24, 2.45) is 0 Å². The van der Waals surface area contributed by atoms with Crippen LogP contribution in [-0.2, 0) is 4.79 Å². The summed E-state index contributed by atoms with van der Waals surface area (Å²) >= 11 is 9.51. The molecule has 1 N–H and O–H groups in total. The summed E-state index contributed by atoms with van der Waals surface area (Å²) in [5.41, 5.74) is 1.76. The zero-order chi connectivity index (χ0) is 21.4. The van der Waals surface area contributed by atoms with Crippen LogP contribution < -0.4 is 14.8 Å². The van der Waals surface area contributed by atoms with Gasteiger partial charge in [-0.1, -0.05) is 39.5 Å². The van der Waals surface area contributed by atoms with E-state index in [2.05, 4.69) is 27.2 Å². The lowest BCUT2D eigenvalue weighted by atomic mass is 10.1. The van der Waals surface area contributed by atoms with Crippen LogP contribution in [0.25, 0.3) is 6.08 Å². The molecule has 0 radical (unpaired) electrons. The highest BCUT2D eigenvalue weighted by Crippen LogP contribution is 2.35. The predicted octanol–water partition coefficient (Wildman–Crippen LogP) is 5.37. The van der Waals surface area contributed by atoms with Gasteiger partial charge in [0.05, 0.1) is 6.61 Å². The molecule has 0 aromatic heterocycles. The first-order chi connectivity index (χ1) is 13.9. The number of nitriles is 1. The zero-order valence-corrected chi connectivity index (χ0v) is 18.2. The summed E-state index contributed by atoms with van der Waals surface area (Å²) in [6.07, 6.45) is 6.71. The summed E-state index contributed by atoms with van der Waals surface area (Å²) in [6, 6.07) is 10.5. The van der Waals surface area contributed by atoms with E-state index in [1.165, 1.54) is 6.08 Å². The van der Waals surface area contributed by atoms with Gasteiger partial charge in [0.2, 0.25) is 0 Å². The van der Waals surface area contributed by atoms with Crippen LogP contribution in [0, 0.1) is 30.6 Å². The standard InChI is InChI=1S/C22H18BrClN2O3/c1-4-9-29-21-12-17(23)15(11-20(21)28-5-2)10-16(13-25)22(27)26-19-8-6-7-18(24)14(19)3/h1,6-8,10-12H,5,9H2,2-3H3,(H,26,27). The lowest BCUT2D eigenvalue weighted by molar-refractivity contribution is -0.112. The molecule has 2 aromatic rings. The molecule has 0 aliphatic rings. The van der Waals surface area contributed by atoms with Crippen molar-refractivity contribution >= 4 is 45.2 Å². The van der Waals surface area contributed by atoms with Gasteiger partial charge in [-0.25, -0.2) is 0 Å². The normalized spacial score (nSPS) is 10.6. The smallest absolute Gasteiger partial charge is 0.266 e. The minimum absolute atomic E-state index is 0.0789. The van der Waals surface area contributed by atoms with Crippen molar-refractivity contribution < 1.29 is 14.3 Å². The van der Waals surface area contributed by atoms with Gasteiger partial charge in [-0.15, -0.1) is 6.42 Å². The van der Waals surface area contributed by atoms with Crippen molar-refractivity contribution in [1.82, 2.24) is 0 Å². The second-order valence-corrected chi connectivity index (χ2v) is 7.04. The minimum atomic E-state index is -0.546. The average Bonchev–Trinajstić information content (AvgIpc) is 2.70. The summed E-state index contributed by atoms with van der Waals surface area (Å²) < 4.78 is 11.7. The van der Waals surface area contributed by atoms with E-state index < -0.39 is 5.91 Å². The maximum Gasteiger partial charge on any atom is 0.266 e. The fraction of sp³-hybridized carbons (Fsp3) is 0.182. The van der Waals surface area contributed by atoms with E-state index in [1.54, 1.807) is 37.3 Å². The largest absolute Gasteiger partial charge is 0.490 e. The summed E-state index contributed by atoms with van der Waals surface area (Å²) in [5.74, 6) is 2.77. The Morgan fingerprint density at radius 1 is 1.34 bits per heavy atom. The lowest BCUT2D eigenvalue weighted by Crippen LogP contribution is -2.14. The van der Waals surface area contributed by atoms with Gasteiger partial charge in [-0.3, -0.25) is 4.79 Å². The molecule has 0 heterocycles. The summed E-state index contributed by atoms with van der Waals surface area (Å²) in [7, 11) is 0. The highest BCUT2D eigenvalue weighted by atomic mass is 79.9. The Morgan fingerprint density at radius 3 is 2.72 bits per heavy atom. The Kier molecular flexibility index (Phi) is 8.15.